The van der Waals surface area contributed by atoms with E-state index in [-0.39, 0.29) is 22.3 Å². The number of halogens is 1. The van der Waals surface area contributed by atoms with E-state index in [1.54, 1.807) is 13.8 Å². The molecule has 0 unspecified atom stereocenters. The van der Waals surface area contributed by atoms with Crippen molar-refractivity contribution in [3.05, 3.63) is 69.2 Å². The van der Waals surface area contributed by atoms with Crippen LogP contribution in [0.25, 0.3) is 0 Å². The Morgan fingerprint density at radius 1 is 1.22 bits per heavy atom. The van der Waals surface area contributed by atoms with Gasteiger partial charge < -0.3 is 5.32 Å². The van der Waals surface area contributed by atoms with Crippen LogP contribution in [0, 0.1) is 15.5 Å². The highest BCUT2D eigenvalue weighted by Crippen LogP contribution is 2.30. The van der Waals surface area contributed by atoms with Crippen molar-refractivity contribution in [3.63, 3.8) is 0 Å². The van der Waals surface area contributed by atoms with Crippen LogP contribution in [0.4, 0.5) is 11.4 Å². The van der Waals surface area contributed by atoms with Crippen molar-refractivity contribution in [1.29, 1.82) is 0 Å². The third-order valence-electron chi connectivity index (χ3n) is 3.51. The highest BCUT2D eigenvalue weighted by molar-refractivity contribution is 6.31. The van der Waals surface area contributed by atoms with Crippen molar-refractivity contribution in [1.82, 2.24) is 0 Å². The molecule has 0 bridgehead atoms. The Bertz CT molecular complexity index is 730. The van der Waals surface area contributed by atoms with Gasteiger partial charge in [-0.3, -0.25) is 14.9 Å². The quantitative estimate of drug-likeness (QED) is 0.649. The number of amides is 1. The lowest BCUT2D eigenvalue weighted by atomic mass is 9.84. The van der Waals surface area contributed by atoms with Crippen LogP contribution in [0.15, 0.2) is 48.5 Å². The standard InChI is InChI=1S/C17H17ClN2O3/c1-17(2,11-12-6-4-3-5-7-12)16(21)19-14-9-8-13(18)10-15(14)20(22)23/h3-10H,11H2,1-2H3,(H,19,21). The summed E-state index contributed by atoms with van der Waals surface area (Å²) in [7, 11) is 0. The monoisotopic (exact) mass is 332 g/mol. The first kappa shape index (κ1) is 17.0. The van der Waals surface area contributed by atoms with Crippen LogP contribution in [0.3, 0.4) is 0 Å². The van der Waals surface area contributed by atoms with Gasteiger partial charge in [0.1, 0.15) is 5.69 Å². The van der Waals surface area contributed by atoms with Gasteiger partial charge in [0.15, 0.2) is 0 Å². The summed E-state index contributed by atoms with van der Waals surface area (Å²) in [5.41, 5.74) is 0.236. The molecular formula is C17H17ClN2O3. The molecular weight excluding hydrogens is 316 g/mol. The number of anilines is 1. The van der Waals surface area contributed by atoms with Crippen LogP contribution >= 0.6 is 11.6 Å². The van der Waals surface area contributed by atoms with Crippen molar-refractivity contribution in [2.45, 2.75) is 20.3 Å². The van der Waals surface area contributed by atoms with Gasteiger partial charge in [-0.2, -0.15) is 0 Å². The van der Waals surface area contributed by atoms with Gasteiger partial charge in [0, 0.05) is 16.5 Å². The summed E-state index contributed by atoms with van der Waals surface area (Å²) in [5, 5.41) is 14.0. The molecule has 0 aliphatic heterocycles. The topological polar surface area (TPSA) is 72.2 Å². The molecule has 0 aromatic heterocycles. The van der Waals surface area contributed by atoms with Gasteiger partial charge in [0.25, 0.3) is 5.69 Å². The fraction of sp³-hybridized carbons (Fsp3) is 0.235. The largest absolute Gasteiger partial charge is 0.320 e. The van der Waals surface area contributed by atoms with E-state index in [0.717, 1.165) is 5.56 Å². The Morgan fingerprint density at radius 3 is 2.48 bits per heavy atom. The molecule has 0 aliphatic carbocycles. The lowest BCUT2D eigenvalue weighted by Crippen LogP contribution is -2.33. The van der Waals surface area contributed by atoms with E-state index in [4.69, 9.17) is 11.6 Å². The minimum atomic E-state index is -0.713. The maximum atomic E-state index is 12.5. The molecule has 6 heteroatoms. The molecule has 0 saturated carbocycles. The van der Waals surface area contributed by atoms with Gasteiger partial charge in [-0.05, 0) is 24.1 Å². The van der Waals surface area contributed by atoms with E-state index in [9.17, 15) is 14.9 Å². The molecule has 1 amide bonds. The minimum Gasteiger partial charge on any atom is -0.320 e. The Morgan fingerprint density at radius 2 is 1.87 bits per heavy atom. The number of nitrogens with one attached hydrogen (secondary N) is 1. The average molecular weight is 333 g/mol. The molecule has 0 heterocycles. The average Bonchev–Trinajstić information content (AvgIpc) is 2.49. The highest BCUT2D eigenvalue weighted by atomic mass is 35.5. The molecule has 120 valence electrons. The first-order valence-electron chi connectivity index (χ1n) is 7.09. The maximum Gasteiger partial charge on any atom is 0.294 e. The number of nitro groups is 1. The van der Waals surface area contributed by atoms with Crippen LogP contribution in [-0.2, 0) is 11.2 Å². The molecule has 2 rings (SSSR count). The highest BCUT2D eigenvalue weighted by Gasteiger charge is 2.29. The molecule has 0 aliphatic rings. The maximum absolute atomic E-state index is 12.5. The van der Waals surface area contributed by atoms with Crippen molar-refractivity contribution in [2.24, 2.45) is 5.41 Å². The SMILES string of the molecule is CC(C)(Cc1ccccc1)C(=O)Nc1ccc(Cl)cc1[N+](=O)[O-]. The van der Waals surface area contributed by atoms with Crippen LogP contribution < -0.4 is 5.32 Å². The van der Waals surface area contributed by atoms with E-state index in [1.165, 1.54) is 18.2 Å². The Balaban J connectivity index is 2.19. The van der Waals surface area contributed by atoms with Gasteiger partial charge in [-0.15, -0.1) is 0 Å². The van der Waals surface area contributed by atoms with Crippen molar-refractivity contribution in [2.75, 3.05) is 5.32 Å². The molecule has 0 radical (unpaired) electrons. The Labute approximate surface area is 139 Å². The van der Waals surface area contributed by atoms with Crippen LogP contribution in [0.2, 0.25) is 5.02 Å². The third-order valence-corrected chi connectivity index (χ3v) is 3.74. The second-order valence-electron chi connectivity index (χ2n) is 5.92. The minimum absolute atomic E-state index is 0.144. The summed E-state index contributed by atoms with van der Waals surface area (Å²) in [4.78, 5) is 23.1. The summed E-state index contributed by atoms with van der Waals surface area (Å²) in [6.45, 7) is 3.61. The lowest BCUT2D eigenvalue weighted by molar-refractivity contribution is -0.383. The zero-order valence-corrected chi connectivity index (χ0v) is 13.6. The second kappa shape index (κ2) is 6.79. The molecule has 0 atom stereocenters. The summed E-state index contributed by atoms with van der Waals surface area (Å²) < 4.78 is 0. The molecule has 2 aromatic rings. The summed E-state index contributed by atoms with van der Waals surface area (Å²) in [6.07, 6.45) is 0.529. The normalized spacial score (nSPS) is 11.1. The van der Waals surface area contributed by atoms with Crippen molar-refractivity contribution >= 4 is 28.9 Å². The molecule has 1 N–H and O–H groups in total. The second-order valence-corrected chi connectivity index (χ2v) is 6.36. The first-order chi connectivity index (χ1) is 10.8. The van der Waals surface area contributed by atoms with E-state index in [2.05, 4.69) is 5.32 Å². The predicted octanol–water partition coefficient (Wildman–Crippen LogP) is 4.46. The van der Waals surface area contributed by atoms with Gasteiger partial charge in [-0.25, -0.2) is 0 Å². The fourth-order valence-corrected chi connectivity index (χ4v) is 2.41. The van der Waals surface area contributed by atoms with Crippen LogP contribution in [0.5, 0.6) is 0 Å². The van der Waals surface area contributed by atoms with E-state index < -0.39 is 10.3 Å². The number of benzene rings is 2. The van der Waals surface area contributed by atoms with Crippen molar-refractivity contribution < 1.29 is 9.72 Å². The molecule has 0 spiro atoms. The van der Waals surface area contributed by atoms with E-state index in [1.807, 2.05) is 30.3 Å². The number of rotatable bonds is 5. The van der Waals surface area contributed by atoms with Gasteiger partial charge in [0.05, 0.1) is 4.92 Å². The molecule has 5 nitrogen and oxygen atoms in total. The fourth-order valence-electron chi connectivity index (χ4n) is 2.24. The van der Waals surface area contributed by atoms with Crippen LogP contribution in [0.1, 0.15) is 19.4 Å². The number of hydrogen-bond acceptors (Lipinski definition) is 3. The van der Waals surface area contributed by atoms with Crippen molar-refractivity contribution in [3.8, 4) is 0 Å². The number of carbonyl (C=O) groups excluding carboxylic acids is 1. The Hall–Kier alpha value is -2.40. The molecule has 2 aromatic carbocycles. The van der Waals surface area contributed by atoms with E-state index in [0.29, 0.717) is 6.42 Å². The summed E-state index contributed by atoms with van der Waals surface area (Å²) in [5.74, 6) is -0.285. The van der Waals surface area contributed by atoms with Gasteiger partial charge >= 0.3 is 0 Å². The molecule has 0 fully saturated rings. The number of carbonyl (C=O) groups is 1. The summed E-state index contributed by atoms with van der Waals surface area (Å²) in [6, 6.07) is 13.8. The lowest BCUT2D eigenvalue weighted by Gasteiger charge is -2.23. The van der Waals surface area contributed by atoms with Gasteiger partial charge in [0.2, 0.25) is 5.91 Å². The molecule has 23 heavy (non-hydrogen) atoms. The zero-order chi connectivity index (χ0) is 17.0. The zero-order valence-electron chi connectivity index (χ0n) is 12.9. The number of nitrogens with zero attached hydrogens (tertiary/aromatic N) is 1. The molecule has 0 saturated heterocycles. The first-order valence-corrected chi connectivity index (χ1v) is 7.47. The summed E-state index contributed by atoms with van der Waals surface area (Å²) >= 11 is 5.78. The van der Waals surface area contributed by atoms with Gasteiger partial charge in [-0.1, -0.05) is 55.8 Å². The Kier molecular flexibility index (Phi) is 5.01. The number of nitro benzene ring substituents is 1. The van der Waals surface area contributed by atoms with Crippen LogP contribution in [-0.4, -0.2) is 10.8 Å². The predicted molar refractivity (Wildman–Crippen MR) is 90.7 cm³/mol. The van der Waals surface area contributed by atoms with E-state index >= 15 is 0 Å². The third kappa shape index (κ3) is 4.29. The number of hydrogen-bond donors (Lipinski definition) is 1. The smallest absolute Gasteiger partial charge is 0.294 e.